The van der Waals surface area contributed by atoms with Gasteiger partial charge in [-0.2, -0.15) is 0 Å². The molecule has 0 radical (unpaired) electrons. The molecule has 21 heavy (non-hydrogen) atoms. The molecule has 0 saturated carbocycles. The molecule has 0 amide bonds. The van der Waals surface area contributed by atoms with Gasteiger partial charge in [0.2, 0.25) is 0 Å². The van der Waals surface area contributed by atoms with Gasteiger partial charge < -0.3 is 23.6 Å². The summed E-state index contributed by atoms with van der Waals surface area (Å²) in [6.07, 6.45) is 0. The number of para-hydroxylation sites is 1. The molecule has 0 aliphatic heterocycles. The Kier molecular flexibility index (Phi) is 12.6. The van der Waals surface area contributed by atoms with Crippen LogP contribution in [0, 0.1) is 0 Å². The second kappa shape index (κ2) is 10.8. The number of hydrogen-bond donors (Lipinski definition) is 0. The summed E-state index contributed by atoms with van der Waals surface area (Å²) < 4.78 is 19.9. The number of ether oxygens (including phenoxy) is 1. The van der Waals surface area contributed by atoms with Gasteiger partial charge in [-0.25, -0.2) is 0 Å². The van der Waals surface area contributed by atoms with Gasteiger partial charge in [0.1, 0.15) is 5.75 Å². The first-order valence-corrected chi connectivity index (χ1v) is 7.60. The van der Waals surface area contributed by atoms with Gasteiger partial charge in [0, 0.05) is 0 Å². The maximum atomic E-state index is 10.4. The maximum absolute atomic E-state index is 10.4. The molecule has 0 aliphatic carbocycles. The average molecular weight is 332 g/mol. The third kappa shape index (κ3) is 8.52. The van der Waals surface area contributed by atoms with Crippen LogP contribution < -0.4 is 73.6 Å². The first-order valence-electron chi connectivity index (χ1n) is 6.14. The summed E-state index contributed by atoms with van der Waals surface area (Å²) in [6, 6.07) is 5.77. The summed E-state index contributed by atoms with van der Waals surface area (Å²) >= 11 is 0. The van der Waals surface area contributed by atoms with Crippen LogP contribution in [-0.4, -0.2) is 6.79 Å². The Labute approximate surface area is 170 Å². The van der Waals surface area contributed by atoms with Gasteiger partial charge >= 0.3 is 59.1 Å². The van der Waals surface area contributed by atoms with Crippen LogP contribution in [0.25, 0.3) is 0 Å². The topological polar surface area (TPSA) is 81.7 Å². The van der Waals surface area contributed by atoms with E-state index in [-0.39, 0.29) is 71.0 Å². The van der Waals surface area contributed by atoms with Crippen molar-refractivity contribution in [2.45, 2.75) is 39.5 Å². The van der Waals surface area contributed by atoms with E-state index < -0.39 is 14.6 Å². The molecule has 8 heteroatoms. The van der Waals surface area contributed by atoms with Crippen molar-refractivity contribution in [3.63, 3.8) is 0 Å². The van der Waals surface area contributed by atoms with Crippen LogP contribution in [0.1, 0.15) is 50.7 Å². The predicted molar refractivity (Wildman–Crippen MR) is 68.8 cm³/mol. The molecule has 0 atom stereocenters. The van der Waals surface area contributed by atoms with E-state index in [1.807, 2.05) is 45.9 Å². The molecule has 0 unspecified atom stereocenters. The van der Waals surface area contributed by atoms with Crippen molar-refractivity contribution in [2.24, 2.45) is 0 Å². The van der Waals surface area contributed by atoms with Crippen molar-refractivity contribution < 1.29 is 82.7 Å². The van der Waals surface area contributed by atoms with Crippen LogP contribution in [0.2, 0.25) is 0 Å². The smallest absolute Gasteiger partial charge is 0.790 e. The van der Waals surface area contributed by atoms with Gasteiger partial charge in [0.05, 0.1) is 7.82 Å². The molecular formula is C13H19Na2O5P. The van der Waals surface area contributed by atoms with E-state index in [0.717, 1.165) is 11.1 Å². The van der Waals surface area contributed by atoms with Crippen LogP contribution in [0.3, 0.4) is 0 Å². The zero-order valence-electron chi connectivity index (χ0n) is 13.6. The second-order valence-electron chi connectivity index (χ2n) is 4.91. The maximum Gasteiger partial charge on any atom is 1.00 e. The van der Waals surface area contributed by atoms with Crippen molar-refractivity contribution in [3.05, 3.63) is 29.3 Å². The fourth-order valence-corrected chi connectivity index (χ4v) is 1.98. The summed E-state index contributed by atoms with van der Waals surface area (Å²) in [6.45, 7) is 7.46. The zero-order chi connectivity index (χ0) is 14.6. The molecular weight excluding hydrogens is 313 g/mol. The van der Waals surface area contributed by atoms with Crippen LogP contribution >= 0.6 is 7.82 Å². The quantitative estimate of drug-likeness (QED) is 0.302. The van der Waals surface area contributed by atoms with E-state index in [0.29, 0.717) is 5.75 Å². The molecule has 5 nitrogen and oxygen atoms in total. The minimum Gasteiger partial charge on any atom is -0.790 e. The van der Waals surface area contributed by atoms with Gasteiger partial charge in [-0.15, -0.1) is 0 Å². The summed E-state index contributed by atoms with van der Waals surface area (Å²) in [7, 11) is -5.01. The van der Waals surface area contributed by atoms with Crippen molar-refractivity contribution >= 4 is 7.82 Å². The molecule has 0 bridgehead atoms. The Morgan fingerprint density at radius 3 is 1.81 bits per heavy atom. The minimum atomic E-state index is -5.01. The second-order valence-corrected chi connectivity index (χ2v) is 6.07. The largest absolute Gasteiger partial charge is 1.00 e. The van der Waals surface area contributed by atoms with Gasteiger partial charge in [-0.3, -0.25) is 0 Å². The number of phosphoric acid groups is 1. The van der Waals surface area contributed by atoms with E-state index in [1.54, 1.807) is 0 Å². The first-order chi connectivity index (χ1) is 8.72. The molecule has 0 saturated heterocycles. The van der Waals surface area contributed by atoms with E-state index >= 15 is 0 Å². The van der Waals surface area contributed by atoms with E-state index in [2.05, 4.69) is 4.52 Å². The standard InChI is InChI=1S/C13H21O5P.2Na/c1-9(2)11-6-5-7-12(10(3)4)13(11)17-8-18-19(14,15)16;;/h5-7,9-10H,8H2,1-4H3,(H2,14,15,16);;/q;2*+1/p-2. The Morgan fingerprint density at radius 1 is 1.05 bits per heavy atom. The first kappa shape index (κ1) is 24.4. The van der Waals surface area contributed by atoms with Crippen molar-refractivity contribution in [1.29, 1.82) is 0 Å². The van der Waals surface area contributed by atoms with Gasteiger partial charge in [0.25, 0.3) is 0 Å². The Balaban J connectivity index is 0. The summed E-state index contributed by atoms with van der Waals surface area (Å²) in [5.74, 6) is 1.04. The molecule has 1 aromatic rings. The normalized spacial score (nSPS) is 11.0. The minimum absolute atomic E-state index is 0. The van der Waals surface area contributed by atoms with E-state index in [1.165, 1.54) is 0 Å². The number of hydrogen-bond acceptors (Lipinski definition) is 5. The van der Waals surface area contributed by atoms with Crippen molar-refractivity contribution in [2.75, 3.05) is 6.79 Å². The molecule has 0 aliphatic rings. The SMILES string of the molecule is CC(C)c1cccc(C(C)C)c1OCOP(=O)([O-])[O-].[Na+].[Na+]. The third-order valence-electron chi connectivity index (χ3n) is 2.73. The van der Waals surface area contributed by atoms with E-state index in [4.69, 9.17) is 4.74 Å². The van der Waals surface area contributed by atoms with Crippen LogP contribution in [0.15, 0.2) is 18.2 Å². The van der Waals surface area contributed by atoms with Crippen molar-refractivity contribution in [3.8, 4) is 5.75 Å². The molecule has 0 N–H and O–H groups in total. The van der Waals surface area contributed by atoms with Gasteiger partial charge in [0.15, 0.2) is 6.79 Å². The molecule has 0 spiro atoms. The fraction of sp³-hybridized carbons (Fsp3) is 0.538. The molecule has 1 aromatic carbocycles. The summed E-state index contributed by atoms with van der Waals surface area (Å²) in [5, 5.41) is 0. The average Bonchev–Trinajstić information content (AvgIpc) is 2.26. The summed E-state index contributed by atoms with van der Waals surface area (Å²) in [4.78, 5) is 20.9. The van der Waals surface area contributed by atoms with Crippen LogP contribution in [-0.2, 0) is 9.09 Å². The molecule has 1 rings (SSSR count). The Hall–Kier alpha value is 1.13. The number of phosphoric ester groups is 1. The summed E-state index contributed by atoms with van der Waals surface area (Å²) in [5.41, 5.74) is 1.92. The van der Waals surface area contributed by atoms with Crippen LogP contribution in [0.5, 0.6) is 5.75 Å². The van der Waals surface area contributed by atoms with Crippen LogP contribution in [0.4, 0.5) is 0 Å². The molecule has 0 aromatic heterocycles. The fourth-order valence-electron chi connectivity index (χ4n) is 1.80. The monoisotopic (exact) mass is 332 g/mol. The van der Waals surface area contributed by atoms with E-state index in [9.17, 15) is 14.4 Å². The van der Waals surface area contributed by atoms with Gasteiger partial charge in [-0.05, 0) is 23.0 Å². The molecule has 0 heterocycles. The Morgan fingerprint density at radius 2 is 1.48 bits per heavy atom. The zero-order valence-corrected chi connectivity index (χ0v) is 18.5. The Bertz CT molecular complexity index is 447. The van der Waals surface area contributed by atoms with Crippen molar-refractivity contribution in [1.82, 2.24) is 0 Å². The third-order valence-corrected chi connectivity index (χ3v) is 3.16. The number of rotatable bonds is 6. The number of benzene rings is 1. The molecule has 0 fully saturated rings. The van der Waals surface area contributed by atoms with Gasteiger partial charge in [-0.1, -0.05) is 45.9 Å². The molecule has 108 valence electrons. The predicted octanol–water partition coefficient (Wildman–Crippen LogP) is -3.88.